The largest absolute Gasteiger partial charge is 0.508 e. The lowest BCUT2D eigenvalue weighted by molar-refractivity contribution is 0.107. The summed E-state index contributed by atoms with van der Waals surface area (Å²) >= 11 is 0. The smallest absolute Gasteiger partial charge is 0.319 e. The van der Waals surface area contributed by atoms with Crippen LogP contribution in [0.2, 0.25) is 0 Å². The number of benzene rings is 2. The van der Waals surface area contributed by atoms with Crippen LogP contribution in [0.5, 0.6) is 11.8 Å². The lowest BCUT2D eigenvalue weighted by Crippen LogP contribution is -2.54. The molecule has 45 heavy (non-hydrogen) atoms. The van der Waals surface area contributed by atoms with E-state index in [9.17, 15) is 9.50 Å². The lowest BCUT2D eigenvalue weighted by atomic mass is 9.95. The molecule has 3 unspecified atom stereocenters. The number of halogens is 2. The van der Waals surface area contributed by atoms with Gasteiger partial charge in [-0.2, -0.15) is 9.97 Å². The molecule has 2 N–H and O–H groups in total. The first-order chi connectivity index (χ1) is 21.8. The molecule has 0 amide bonds. The van der Waals surface area contributed by atoms with Crippen LogP contribution in [0.15, 0.2) is 36.5 Å². The summed E-state index contributed by atoms with van der Waals surface area (Å²) in [4.78, 5) is 18.5. The molecular weight excluding hydrogens is 574 g/mol. The van der Waals surface area contributed by atoms with Gasteiger partial charge in [-0.05, 0) is 60.7 Å². The van der Waals surface area contributed by atoms with Crippen LogP contribution >= 0.6 is 0 Å². The second-order valence-electron chi connectivity index (χ2n) is 13.7. The Balaban J connectivity index is 1.17. The predicted octanol–water partition coefficient (Wildman–Crippen LogP) is 4.67. The Labute approximate surface area is 259 Å². The summed E-state index contributed by atoms with van der Waals surface area (Å²) in [7, 11) is 0. The molecule has 4 saturated heterocycles. The molecule has 7 atom stereocenters. The molecule has 2 bridgehead atoms. The average molecular weight is 609 g/mol. The van der Waals surface area contributed by atoms with Gasteiger partial charge in [-0.25, -0.2) is 8.78 Å². The minimum absolute atomic E-state index is 0.0208. The molecule has 230 valence electrons. The van der Waals surface area contributed by atoms with Gasteiger partial charge in [-0.1, -0.05) is 25.0 Å². The number of nitrogens with zero attached hydrogens (tertiary/aromatic N) is 5. The van der Waals surface area contributed by atoms with Crippen LogP contribution in [0.1, 0.15) is 31.7 Å². The zero-order valence-corrected chi connectivity index (χ0v) is 25.0. The van der Waals surface area contributed by atoms with Crippen LogP contribution in [-0.4, -0.2) is 81.5 Å². The van der Waals surface area contributed by atoms with Gasteiger partial charge in [0.2, 0.25) is 0 Å². The van der Waals surface area contributed by atoms with Crippen molar-refractivity contribution in [3.8, 4) is 35.4 Å². The third kappa shape index (κ3) is 4.06. The van der Waals surface area contributed by atoms with E-state index in [0.29, 0.717) is 70.0 Å². The van der Waals surface area contributed by atoms with Gasteiger partial charge < -0.3 is 20.1 Å². The maximum absolute atomic E-state index is 16.8. The fourth-order valence-corrected chi connectivity index (χ4v) is 9.25. The fraction of sp³-hybridized carbons (Fsp3) is 0.457. The quantitative estimate of drug-likeness (QED) is 0.317. The molecule has 8 nitrogen and oxygen atoms in total. The van der Waals surface area contributed by atoms with E-state index < -0.39 is 17.5 Å². The number of phenols is 1. The highest BCUT2D eigenvalue weighted by molar-refractivity contribution is 6.02. The maximum Gasteiger partial charge on any atom is 0.319 e. The van der Waals surface area contributed by atoms with E-state index in [2.05, 4.69) is 37.9 Å². The van der Waals surface area contributed by atoms with Crippen LogP contribution in [0.4, 0.5) is 14.6 Å². The molecule has 1 aliphatic carbocycles. The number of terminal acetylenes is 1. The van der Waals surface area contributed by atoms with Crippen LogP contribution in [0.3, 0.4) is 0 Å². The Hall–Kier alpha value is -4.07. The van der Waals surface area contributed by atoms with Crippen molar-refractivity contribution in [1.82, 2.24) is 25.2 Å². The monoisotopic (exact) mass is 608 g/mol. The zero-order chi connectivity index (χ0) is 30.6. The zero-order valence-electron chi connectivity index (χ0n) is 25.0. The summed E-state index contributed by atoms with van der Waals surface area (Å²) in [5.74, 6) is 4.64. The van der Waals surface area contributed by atoms with Crippen LogP contribution in [0.25, 0.3) is 32.9 Å². The average Bonchev–Trinajstić information content (AvgIpc) is 3.23. The molecule has 0 radical (unpaired) electrons. The number of piperazine rings is 1. The molecule has 1 saturated carbocycles. The molecule has 0 spiro atoms. The van der Waals surface area contributed by atoms with E-state index in [1.807, 2.05) is 6.07 Å². The summed E-state index contributed by atoms with van der Waals surface area (Å²) in [5.41, 5.74) is 0.694. The normalized spacial score (nSPS) is 31.7. The summed E-state index contributed by atoms with van der Waals surface area (Å²) in [6.07, 6.45) is 8.82. The Bertz CT molecular complexity index is 1910. The second-order valence-corrected chi connectivity index (χ2v) is 13.7. The van der Waals surface area contributed by atoms with Gasteiger partial charge in [0, 0.05) is 60.8 Å². The number of nitrogens with one attached hydrogen (secondary N) is 1. The van der Waals surface area contributed by atoms with Crippen molar-refractivity contribution < 1.29 is 18.6 Å². The van der Waals surface area contributed by atoms with Crippen molar-refractivity contribution in [2.75, 3.05) is 37.7 Å². The van der Waals surface area contributed by atoms with Gasteiger partial charge in [0.25, 0.3) is 0 Å². The van der Waals surface area contributed by atoms with Gasteiger partial charge in [0.05, 0.1) is 10.9 Å². The van der Waals surface area contributed by atoms with Crippen LogP contribution < -0.4 is 15.0 Å². The van der Waals surface area contributed by atoms with Crippen molar-refractivity contribution in [3.63, 3.8) is 0 Å². The topological polar surface area (TPSA) is 86.6 Å². The van der Waals surface area contributed by atoms with Crippen LogP contribution in [-0.2, 0) is 0 Å². The number of aromatic hydroxyl groups is 1. The van der Waals surface area contributed by atoms with Crippen molar-refractivity contribution in [3.05, 3.63) is 47.9 Å². The minimum atomic E-state index is -0.886. The maximum atomic E-state index is 16.8. The number of anilines is 1. The second kappa shape index (κ2) is 9.71. The minimum Gasteiger partial charge on any atom is -0.508 e. The highest BCUT2D eigenvalue weighted by atomic mass is 19.1. The molecule has 5 fully saturated rings. The molecule has 4 aromatic rings. The van der Waals surface area contributed by atoms with Crippen molar-refractivity contribution in [2.45, 2.75) is 50.0 Å². The number of ether oxygens (including phenoxy) is 1. The van der Waals surface area contributed by atoms with Gasteiger partial charge in [0.1, 0.15) is 35.6 Å². The lowest BCUT2D eigenvalue weighted by Gasteiger charge is -2.37. The molecule has 4 aliphatic heterocycles. The first kappa shape index (κ1) is 27.3. The first-order valence-corrected chi connectivity index (χ1v) is 16.0. The van der Waals surface area contributed by atoms with Gasteiger partial charge >= 0.3 is 6.01 Å². The standard InChI is InChI=1S/C35H34F2N6O2/c1-3-19-6-4-7-20-10-22(44)11-23(29(19)20)31-30(37)32-24(13-38-31)33(42-15-25-27-18(2)28(27)26(16-42)39-25)41-34(40-32)45-17-35-8-5-9-43(35)14-21(36)12-35/h1,4,6-7,10-11,13,18,21,25-28,39,44H,5,8-9,12,14-17H2,2H3/t18?,21-,25-,26+,27?,28?,35+/m1/s1. The van der Waals surface area contributed by atoms with Crippen LogP contribution in [0, 0.1) is 35.9 Å². The number of alkyl halides is 1. The third-order valence-electron chi connectivity index (χ3n) is 11.3. The molecule has 5 aliphatic rings. The van der Waals surface area contributed by atoms with Crippen molar-refractivity contribution in [1.29, 1.82) is 0 Å². The summed E-state index contributed by atoms with van der Waals surface area (Å²) in [5, 5.41) is 16.1. The van der Waals surface area contributed by atoms with Crippen molar-refractivity contribution in [2.24, 2.45) is 17.8 Å². The van der Waals surface area contributed by atoms with Crippen molar-refractivity contribution >= 4 is 27.5 Å². The van der Waals surface area contributed by atoms with E-state index in [-0.39, 0.29) is 29.6 Å². The summed E-state index contributed by atoms with van der Waals surface area (Å²) in [6.45, 7) is 5.33. The number of aromatic nitrogens is 3. The SMILES string of the molecule is C#Cc1cccc2cc(O)cc(-c3ncc4c(N5C[C@@H]6N[C@H](C5)C5C(C)C56)nc(OC[C@@]56CCCN5C[C@H](F)C6)nc4c3F)c12. The van der Waals surface area contributed by atoms with E-state index >= 15 is 4.39 Å². The number of rotatable bonds is 5. The molecular formula is C35H34F2N6O2. The molecule has 9 rings (SSSR count). The van der Waals surface area contributed by atoms with E-state index in [1.54, 1.807) is 24.4 Å². The van der Waals surface area contributed by atoms with E-state index in [4.69, 9.17) is 16.1 Å². The Kier molecular flexibility index (Phi) is 5.88. The molecule has 2 aromatic heterocycles. The number of hydrogen-bond acceptors (Lipinski definition) is 8. The fourth-order valence-electron chi connectivity index (χ4n) is 9.25. The summed E-state index contributed by atoms with van der Waals surface area (Å²) < 4.78 is 37.6. The van der Waals surface area contributed by atoms with E-state index in [1.165, 1.54) is 6.07 Å². The van der Waals surface area contributed by atoms with Gasteiger partial charge in [-0.15, -0.1) is 6.42 Å². The van der Waals surface area contributed by atoms with Gasteiger partial charge in [0.15, 0.2) is 5.82 Å². The number of hydrogen-bond donors (Lipinski definition) is 2. The number of fused-ring (bicyclic) bond motifs is 8. The highest BCUT2D eigenvalue weighted by Crippen LogP contribution is 2.56. The summed E-state index contributed by atoms with van der Waals surface area (Å²) in [6, 6.07) is 9.28. The van der Waals surface area contributed by atoms with E-state index in [0.717, 1.165) is 38.4 Å². The number of phenolic OH excluding ortho intramolecular Hbond substituents is 1. The molecule has 2 aromatic carbocycles. The first-order valence-electron chi connectivity index (χ1n) is 16.0. The molecule has 6 heterocycles. The van der Waals surface area contributed by atoms with Gasteiger partial charge in [-0.3, -0.25) is 9.88 Å². The Morgan fingerprint density at radius 2 is 2.00 bits per heavy atom. The third-order valence-corrected chi connectivity index (χ3v) is 11.3. The predicted molar refractivity (Wildman–Crippen MR) is 167 cm³/mol. The number of piperidine rings is 1. The Morgan fingerprint density at radius 1 is 1.18 bits per heavy atom. The Morgan fingerprint density at radius 3 is 2.80 bits per heavy atom. The molecule has 10 heteroatoms. The number of pyridine rings is 1. The highest BCUT2D eigenvalue weighted by Gasteiger charge is 2.62.